The van der Waals surface area contributed by atoms with Crippen LogP contribution in [0.2, 0.25) is 0 Å². The third-order valence-corrected chi connectivity index (χ3v) is 3.04. The molecule has 3 rings (SSSR count). The summed E-state index contributed by atoms with van der Waals surface area (Å²) in [6, 6.07) is 3.36. The number of rotatable bonds is 1. The first-order chi connectivity index (χ1) is 7.79. The standard InChI is InChI=1S/C11H10N2O3/c14-11-10-6(4-12-11)1-2-9-8(10)3-7(13-15)5-16-9/h1-2,7H,3-5H2,(H,12,14). The smallest absolute Gasteiger partial charge is 0.252 e. The van der Waals surface area contributed by atoms with Crippen LogP contribution in [0.25, 0.3) is 0 Å². The van der Waals surface area contributed by atoms with Crippen molar-refractivity contribution in [2.45, 2.75) is 19.0 Å². The second kappa shape index (κ2) is 3.30. The first kappa shape index (κ1) is 9.33. The molecule has 2 heterocycles. The molecule has 1 aromatic rings. The zero-order valence-corrected chi connectivity index (χ0v) is 8.53. The Labute approximate surface area is 91.8 Å². The van der Waals surface area contributed by atoms with E-state index in [1.807, 2.05) is 12.1 Å². The number of carbonyl (C=O) groups excluding carboxylic acids is 1. The monoisotopic (exact) mass is 218 g/mol. The van der Waals surface area contributed by atoms with Crippen LogP contribution >= 0.6 is 0 Å². The first-order valence-electron chi connectivity index (χ1n) is 5.18. The summed E-state index contributed by atoms with van der Waals surface area (Å²) in [5.74, 6) is 0.623. The molecule has 1 N–H and O–H groups in total. The molecule has 2 aliphatic heterocycles. The normalized spacial score (nSPS) is 21.8. The van der Waals surface area contributed by atoms with Gasteiger partial charge in [0.2, 0.25) is 0 Å². The Morgan fingerprint density at radius 1 is 1.44 bits per heavy atom. The molecule has 0 spiro atoms. The van der Waals surface area contributed by atoms with E-state index in [-0.39, 0.29) is 11.9 Å². The molecule has 1 aromatic carbocycles. The maximum atomic E-state index is 11.7. The fourth-order valence-electron chi connectivity index (χ4n) is 2.26. The van der Waals surface area contributed by atoms with Crippen molar-refractivity contribution in [2.75, 3.05) is 6.61 Å². The van der Waals surface area contributed by atoms with Crippen LogP contribution in [0.15, 0.2) is 17.3 Å². The van der Waals surface area contributed by atoms with E-state index in [0.717, 1.165) is 11.1 Å². The number of nitrogens with zero attached hydrogens (tertiary/aromatic N) is 1. The molecular formula is C11H10N2O3. The number of nitroso groups, excluding NO2 is 1. The van der Waals surface area contributed by atoms with E-state index in [4.69, 9.17) is 4.74 Å². The average molecular weight is 218 g/mol. The van der Waals surface area contributed by atoms with E-state index in [9.17, 15) is 9.70 Å². The van der Waals surface area contributed by atoms with Gasteiger partial charge in [-0.05, 0) is 11.6 Å². The minimum atomic E-state index is -0.382. The van der Waals surface area contributed by atoms with Gasteiger partial charge in [0.05, 0.1) is 5.56 Å². The molecule has 0 saturated carbocycles. The highest BCUT2D eigenvalue weighted by atomic mass is 16.5. The number of ether oxygens (including phenoxy) is 1. The van der Waals surface area contributed by atoms with Gasteiger partial charge in [0.1, 0.15) is 18.4 Å². The average Bonchev–Trinajstić information content (AvgIpc) is 2.71. The zero-order chi connectivity index (χ0) is 11.1. The van der Waals surface area contributed by atoms with Crippen molar-refractivity contribution in [3.63, 3.8) is 0 Å². The van der Waals surface area contributed by atoms with Crippen molar-refractivity contribution in [3.8, 4) is 5.75 Å². The SMILES string of the molecule is O=NC1COc2ccc3c(c2C1)C(=O)NC3. The maximum Gasteiger partial charge on any atom is 0.252 e. The lowest BCUT2D eigenvalue weighted by Crippen LogP contribution is -2.26. The highest BCUT2D eigenvalue weighted by Gasteiger charge is 2.30. The van der Waals surface area contributed by atoms with Crippen molar-refractivity contribution < 1.29 is 9.53 Å². The van der Waals surface area contributed by atoms with Crippen LogP contribution < -0.4 is 10.1 Å². The topological polar surface area (TPSA) is 67.8 Å². The molecule has 1 atom stereocenters. The maximum absolute atomic E-state index is 11.7. The van der Waals surface area contributed by atoms with Crippen LogP contribution in [0.3, 0.4) is 0 Å². The predicted octanol–water partition coefficient (Wildman–Crippen LogP) is 1.000. The Morgan fingerprint density at radius 3 is 3.12 bits per heavy atom. The Morgan fingerprint density at radius 2 is 2.31 bits per heavy atom. The number of benzene rings is 1. The van der Waals surface area contributed by atoms with Gasteiger partial charge in [-0.3, -0.25) is 4.79 Å². The molecule has 5 heteroatoms. The van der Waals surface area contributed by atoms with Crippen LogP contribution in [-0.4, -0.2) is 18.6 Å². The van der Waals surface area contributed by atoms with Gasteiger partial charge in [-0.2, -0.15) is 4.91 Å². The Hall–Kier alpha value is -1.91. The molecule has 0 radical (unpaired) electrons. The van der Waals surface area contributed by atoms with E-state index < -0.39 is 0 Å². The molecule has 16 heavy (non-hydrogen) atoms. The minimum Gasteiger partial charge on any atom is -0.491 e. The third-order valence-electron chi connectivity index (χ3n) is 3.04. The van der Waals surface area contributed by atoms with Crippen molar-refractivity contribution in [2.24, 2.45) is 5.18 Å². The Balaban J connectivity index is 2.13. The number of hydrogen-bond acceptors (Lipinski definition) is 4. The molecule has 0 fully saturated rings. The van der Waals surface area contributed by atoms with Gasteiger partial charge >= 0.3 is 0 Å². The summed E-state index contributed by atoms with van der Waals surface area (Å²) in [6.07, 6.45) is 0.495. The lowest BCUT2D eigenvalue weighted by Gasteiger charge is -2.22. The number of amides is 1. The van der Waals surface area contributed by atoms with Crippen LogP contribution in [0, 0.1) is 4.91 Å². The molecule has 0 saturated heterocycles. The molecular weight excluding hydrogens is 208 g/mol. The van der Waals surface area contributed by atoms with E-state index in [1.54, 1.807) is 0 Å². The van der Waals surface area contributed by atoms with Crippen molar-refractivity contribution in [1.82, 2.24) is 5.32 Å². The van der Waals surface area contributed by atoms with Gasteiger partial charge in [0.15, 0.2) is 0 Å². The lowest BCUT2D eigenvalue weighted by molar-refractivity contribution is 0.0963. The Bertz CT molecular complexity index is 484. The van der Waals surface area contributed by atoms with Gasteiger partial charge < -0.3 is 10.1 Å². The molecule has 0 bridgehead atoms. The number of hydrogen-bond donors (Lipinski definition) is 1. The van der Waals surface area contributed by atoms with Gasteiger partial charge in [-0.25, -0.2) is 0 Å². The van der Waals surface area contributed by atoms with Crippen LogP contribution in [0.4, 0.5) is 0 Å². The fourth-order valence-corrected chi connectivity index (χ4v) is 2.26. The van der Waals surface area contributed by atoms with Crippen molar-refractivity contribution in [1.29, 1.82) is 0 Å². The predicted molar refractivity (Wildman–Crippen MR) is 56.4 cm³/mol. The number of carbonyl (C=O) groups is 1. The molecule has 1 amide bonds. The molecule has 2 aliphatic rings. The summed E-state index contributed by atoms with van der Waals surface area (Å²) in [4.78, 5) is 22.2. The Kier molecular flexibility index (Phi) is 1.92. The summed E-state index contributed by atoms with van der Waals surface area (Å²) in [5, 5.41) is 5.75. The van der Waals surface area contributed by atoms with Crippen LogP contribution in [0.5, 0.6) is 5.75 Å². The molecule has 5 nitrogen and oxygen atoms in total. The first-order valence-corrected chi connectivity index (χ1v) is 5.18. The second-order valence-corrected chi connectivity index (χ2v) is 4.03. The summed E-state index contributed by atoms with van der Waals surface area (Å²) >= 11 is 0. The van der Waals surface area contributed by atoms with Crippen molar-refractivity contribution >= 4 is 5.91 Å². The summed E-state index contributed by atoms with van der Waals surface area (Å²) in [6.45, 7) is 0.859. The largest absolute Gasteiger partial charge is 0.491 e. The van der Waals surface area contributed by atoms with E-state index in [0.29, 0.717) is 30.9 Å². The van der Waals surface area contributed by atoms with Gasteiger partial charge in [0, 0.05) is 18.5 Å². The highest BCUT2D eigenvalue weighted by molar-refractivity contribution is 6.00. The van der Waals surface area contributed by atoms with Crippen LogP contribution in [-0.2, 0) is 13.0 Å². The van der Waals surface area contributed by atoms with Crippen LogP contribution in [0.1, 0.15) is 21.5 Å². The lowest BCUT2D eigenvalue weighted by atomic mass is 9.95. The van der Waals surface area contributed by atoms with E-state index >= 15 is 0 Å². The number of nitrogens with one attached hydrogen (secondary N) is 1. The van der Waals surface area contributed by atoms with Crippen molar-refractivity contribution in [3.05, 3.63) is 33.7 Å². The van der Waals surface area contributed by atoms with E-state index in [2.05, 4.69) is 10.5 Å². The van der Waals surface area contributed by atoms with E-state index in [1.165, 1.54) is 0 Å². The van der Waals surface area contributed by atoms with Gasteiger partial charge in [-0.15, -0.1) is 0 Å². The molecule has 82 valence electrons. The molecule has 0 aromatic heterocycles. The minimum absolute atomic E-state index is 0.0815. The summed E-state index contributed by atoms with van der Waals surface area (Å²) in [7, 11) is 0. The third kappa shape index (κ3) is 1.21. The zero-order valence-electron chi connectivity index (χ0n) is 8.53. The summed E-state index contributed by atoms with van der Waals surface area (Å²) < 4.78 is 5.43. The molecule has 1 unspecified atom stereocenters. The molecule has 0 aliphatic carbocycles. The highest BCUT2D eigenvalue weighted by Crippen LogP contribution is 2.33. The van der Waals surface area contributed by atoms with Gasteiger partial charge in [0.25, 0.3) is 5.91 Å². The summed E-state index contributed by atoms with van der Waals surface area (Å²) in [5.41, 5.74) is 2.47. The fraction of sp³-hybridized carbons (Fsp3) is 0.364. The number of fused-ring (bicyclic) bond motifs is 3. The van der Waals surface area contributed by atoms with Gasteiger partial charge in [-0.1, -0.05) is 11.2 Å². The quantitative estimate of drug-likeness (QED) is 0.715. The second-order valence-electron chi connectivity index (χ2n) is 4.03.